The second-order valence-corrected chi connectivity index (χ2v) is 9.55. The molecule has 2 aliphatic rings. The van der Waals surface area contributed by atoms with Crippen LogP contribution < -0.4 is 10.6 Å². The summed E-state index contributed by atoms with van der Waals surface area (Å²) in [6.45, 7) is 6.54. The number of aromatic amines is 1. The van der Waals surface area contributed by atoms with Gasteiger partial charge in [0.05, 0.1) is 42.2 Å². The van der Waals surface area contributed by atoms with Gasteiger partial charge in [0.2, 0.25) is 5.91 Å². The summed E-state index contributed by atoms with van der Waals surface area (Å²) in [6, 6.07) is 13.0. The molecule has 1 fully saturated rings. The predicted octanol–water partition coefficient (Wildman–Crippen LogP) is 4.01. The largest absolute Gasteiger partial charge is 0.372 e. The van der Waals surface area contributed by atoms with Crippen molar-refractivity contribution in [3.63, 3.8) is 0 Å². The lowest BCUT2D eigenvalue weighted by Crippen LogP contribution is -2.54. The van der Waals surface area contributed by atoms with Gasteiger partial charge in [-0.3, -0.25) is 9.59 Å². The number of pyridine rings is 1. The standard InChI is InChI=1S/C27H30N6O4/c1-16-12-32(13-17(2)37-16)27(36)33-14-21-24(22(35)15-33)26(30-20-7-5-4-6-8-20)25(31-21)19-9-10-28-23(11-19)29-18(3)34/h4-11,16-17,30-31H,12-15H2,1-3H3,(H,28,29,34)/t16-,17+. The van der Waals surface area contributed by atoms with Crippen LogP contribution in [0.1, 0.15) is 36.8 Å². The summed E-state index contributed by atoms with van der Waals surface area (Å²) in [6.07, 6.45) is 1.48. The van der Waals surface area contributed by atoms with E-state index in [1.807, 2.05) is 50.2 Å². The van der Waals surface area contributed by atoms with Crippen molar-refractivity contribution in [3.05, 3.63) is 59.9 Å². The molecule has 3 amide bonds. The molecule has 0 unspecified atom stereocenters. The van der Waals surface area contributed by atoms with Crippen molar-refractivity contribution in [1.29, 1.82) is 0 Å². The van der Waals surface area contributed by atoms with Crippen LogP contribution in [0.5, 0.6) is 0 Å². The quantitative estimate of drug-likeness (QED) is 0.496. The zero-order valence-corrected chi connectivity index (χ0v) is 21.1. The Balaban J connectivity index is 1.51. The Bertz CT molecular complexity index is 1330. The molecule has 0 radical (unpaired) electrons. The normalized spacial score (nSPS) is 19.4. The topological polar surface area (TPSA) is 120 Å². The second-order valence-electron chi connectivity index (χ2n) is 9.55. The number of ketones is 1. The Hall–Kier alpha value is -4.18. The third kappa shape index (κ3) is 5.19. The van der Waals surface area contributed by atoms with Crippen LogP contribution >= 0.6 is 0 Å². The third-order valence-electron chi connectivity index (χ3n) is 6.40. The number of amides is 3. The van der Waals surface area contributed by atoms with E-state index in [-0.39, 0.29) is 43.0 Å². The van der Waals surface area contributed by atoms with Gasteiger partial charge in [-0.25, -0.2) is 9.78 Å². The zero-order valence-electron chi connectivity index (χ0n) is 21.1. The fourth-order valence-electron chi connectivity index (χ4n) is 4.99. The first-order valence-corrected chi connectivity index (χ1v) is 12.3. The molecule has 37 heavy (non-hydrogen) atoms. The van der Waals surface area contributed by atoms with E-state index in [0.717, 1.165) is 11.3 Å². The lowest BCUT2D eigenvalue weighted by atomic mass is 10.0. The van der Waals surface area contributed by atoms with Crippen molar-refractivity contribution in [2.24, 2.45) is 0 Å². The Morgan fingerprint density at radius 1 is 1.05 bits per heavy atom. The highest BCUT2D eigenvalue weighted by molar-refractivity contribution is 6.09. The van der Waals surface area contributed by atoms with Gasteiger partial charge in [-0.15, -0.1) is 0 Å². The number of nitrogens with zero attached hydrogens (tertiary/aromatic N) is 3. The second kappa shape index (κ2) is 10.1. The highest BCUT2D eigenvalue weighted by Crippen LogP contribution is 2.38. The molecule has 1 saturated heterocycles. The van der Waals surface area contributed by atoms with E-state index in [0.29, 0.717) is 41.5 Å². The molecule has 10 heteroatoms. The summed E-state index contributed by atoms with van der Waals surface area (Å²) < 4.78 is 5.76. The molecule has 1 aromatic carbocycles. The summed E-state index contributed by atoms with van der Waals surface area (Å²) in [5, 5.41) is 6.10. The summed E-state index contributed by atoms with van der Waals surface area (Å²) in [7, 11) is 0. The Labute approximate surface area is 215 Å². The minimum absolute atomic E-state index is 0.0137. The van der Waals surface area contributed by atoms with Gasteiger partial charge in [0.15, 0.2) is 5.78 Å². The summed E-state index contributed by atoms with van der Waals surface area (Å²) in [4.78, 5) is 49.4. The molecule has 2 atom stereocenters. The number of rotatable bonds is 4. The Morgan fingerprint density at radius 2 is 1.78 bits per heavy atom. The number of carbonyl (C=O) groups excluding carboxylic acids is 3. The molecule has 10 nitrogen and oxygen atoms in total. The van der Waals surface area contributed by atoms with E-state index in [2.05, 4.69) is 20.6 Å². The number of anilines is 3. The monoisotopic (exact) mass is 502 g/mol. The van der Waals surface area contributed by atoms with E-state index in [1.165, 1.54) is 6.92 Å². The molecule has 0 bridgehead atoms. The van der Waals surface area contributed by atoms with E-state index in [1.54, 1.807) is 22.1 Å². The maximum atomic E-state index is 13.5. The van der Waals surface area contributed by atoms with Gasteiger partial charge in [0.25, 0.3) is 0 Å². The van der Waals surface area contributed by atoms with Gasteiger partial charge in [0, 0.05) is 43.2 Å². The number of fused-ring (bicyclic) bond motifs is 1. The highest BCUT2D eigenvalue weighted by atomic mass is 16.5. The summed E-state index contributed by atoms with van der Waals surface area (Å²) >= 11 is 0. The number of benzene rings is 1. The number of aromatic nitrogens is 2. The molecular weight excluding hydrogens is 472 g/mol. The van der Waals surface area contributed by atoms with Crippen LogP contribution in [0, 0.1) is 0 Å². The van der Waals surface area contributed by atoms with E-state index in [9.17, 15) is 14.4 Å². The van der Waals surface area contributed by atoms with Gasteiger partial charge < -0.3 is 30.2 Å². The molecule has 5 rings (SSSR count). The average Bonchev–Trinajstić information content (AvgIpc) is 3.22. The first kappa shape index (κ1) is 24.5. The Kier molecular flexibility index (Phi) is 6.66. The molecule has 3 aromatic rings. The highest BCUT2D eigenvalue weighted by Gasteiger charge is 2.36. The molecule has 3 N–H and O–H groups in total. The number of urea groups is 1. The number of ether oxygens (including phenoxy) is 1. The third-order valence-corrected chi connectivity index (χ3v) is 6.40. The van der Waals surface area contributed by atoms with E-state index in [4.69, 9.17) is 4.74 Å². The van der Waals surface area contributed by atoms with Gasteiger partial charge in [0.1, 0.15) is 5.82 Å². The number of hydrogen-bond acceptors (Lipinski definition) is 6. The van der Waals surface area contributed by atoms with E-state index < -0.39 is 0 Å². The zero-order chi connectivity index (χ0) is 26.1. The average molecular weight is 503 g/mol. The van der Waals surface area contributed by atoms with Crippen molar-refractivity contribution in [2.45, 2.75) is 39.5 Å². The van der Waals surface area contributed by atoms with Crippen LogP contribution in [0.25, 0.3) is 11.3 Å². The summed E-state index contributed by atoms with van der Waals surface area (Å²) in [5.41, 5.74) is 4.07. The first-order valence-electron chi connectivity index (χ1n) is 12.3. The predicted molar refractivity (Wildman–Crippen MR) is 140 cm³/mol. The number of para-hydroxylation sites is 1. The van der Waals surface area contributed by atoms with Crippen molar-refractivity contribution >= 4 is 34.9 Å². The SMILES string of the molecule is CC(=O)Nc1cc(-c2[nH]c3c(c2Nc2ccccc2)C(=O)CN(C(=O)N2C[C@@H](C)O[C@@H](C)C2)C3)ccn1. The number of morpholine rings is 1. The van der Waals surface area contributed by atoms with Crippen LogP contribution in [-0.2, 0) is 16.1 Å². The fourth-order valence-corrected chi connectivity index (χ4v) is 4.99. The molecule has 0 aliphatic carbocycles. The van der Waals surface area contributed by atoms with Crippen molar-refractivity contribution < 1.29 is 19.1 Å². The van der Waals surface area contributed by atoms with Crippen LogP contribution in [0.3, 0.4) is 0 Å². The fraction of sp³-hybridized carbons (Fsp3) is 0.333. The molecule has 2 aliphatic heterocycles. The molecule has 192 valence electrons. The van der Waals surface area contributed by atoms with Crippen LogP contribution in [0.4, 0.5) is 22.0 Å². The minimum Gasteiger partial charge on any atom is -0.372 e. The molecule has 0 spiro atoms. The van der Waals surface area contributed by atoms with Crippen molar-refractivity contribution in [1.82, 2.24) is 19.8 Å². The van der Waals surface area contributed by atoms with Crippen molar-refractivity contribution in [3.8, 4) is 11.3 Å². The number of H-pyrrole nitrogens is 1. The van der Waals surface area contributed by atoms with Crippen LogP contribution in [-0.4, -0.2) is 69.3 Å². The van der Waals surface area contributed by atoms with Crippen molar-refractivity contribution in [2.75, 3.05) is 30.3 Å². The van der Waals surface area contributed by atoms with Crippen LogP contribution in [0.15, 0.2) is 48.7 Å². The molecular formula is C27H30N6O4. The summed E-state index contributed by atoms with van der Waals surface area (Å²) in [5.74, 6) is 0.0251. The molecule has 0 saturated carbocycles. The maximum Gasteiger partial charge on any atom is 0.320 e. The minimum atomic E-state index is -0.228. The first-order chi connectivity index (χ1) is 17.8. The smallest absolute Gasteiger partial charge is 0.320 e. The van der Waals surface area contributed by atoms with Gasteiger partial charge in [-0.2, -0.15) is 0 Å². The lowest BCUT2D eigenvalue weighted by molar-refractivity contribution is -0.114. The number of carbonyl (C=O) groups is 3. The van der Waals surface area contributed by atoms with Crippen LogP contribution in [0.2, 0.25) is 0 Å². The van der Waals surface area contributed by atoms with Gasteiger partial charge in [-0.05, 0) is 38.1 Å². The molecule has 2 aromatic heterocycles. The van der Waals surface area contributed by atoms with Gasteiger partial charge in [-0.1, -0.05) is 18.2 Å². The number of hydrogen-bond donors (Lipinski definition) is 3. The Morgan fingerprint density at radius 3 is 2.49 bits per heavy atom. The lowest BCUT2D eigenvalue weighted by Gasteiger charge is -2.39. The maximum absolute atomic E-state index is 13.5. The van der Waals surface area contributed by atoms with E-state index >= 15 is 0 Å². The van der Waals surface area contributed by atoms with Gasteiger partial charge >= 0.3 is 6.03 Å². The number of Topliss-reactive ketones (excluding diaryl/α,β-unsaturated/α-hetero) is 1. The molecule has 4 heterocycles. The number of nitrogens with one attached hydrogen (secondary N) is 3.